The number of benzene rings is 1. The first-order valence-electron chi connectivity index (χ1n) is 4.26. The van der Waals surface area contributed by atoms with Gasteiger partial charge in [-0.3, -0.25) is 15.1 Å². The summed E-state index contributed by atoms with van der Waals surface area (Å²) in [5.74, 6) is 0. The first kappa shape index (κ1) is 9.32. The summed E-state index contributed by atoms with van der Waals surface area (Å²) in [5, 5.41) is 10.6. The second-order valence-electron chi connectivity index (χ2n) is 3.13. The number of hydrogen-bond donors (Lipinski definition) is 1. The largest absolute Gasteiger partial charge is 0.391 e. The Balaban J connectivity index is 2.82. The van der Waals surface area contributed by atoms with E-state index in [9.17, 15) is 10.1 Å². The lowest BCUT2D eigenvalue weighted by Crippen LogP contribution is -1.99. The SMILES string of the molecule is Cc1cnc2ccc([N+](=O)[O-])c(N)c2n1. The highest BCUT2D eigenvalue weighted by Gasteiger charge is 2.15. The van der Waals surface area contributed by atoms with Crippen LogP contribution in [0.3, 0.4) is 0 Å². The zero-order valence-electron chi connectivity index (χ0n) is 7.97. The van der Waals surface area contributed by atoms with E-state index in [-0.39, 0.29) is 11.4 Å². The van der Waals surface area contributed by atoms with Crippen molar-refractivity contribution < 1.29 is 4.92 Å². The average molecular weight is 204 g/mol. The molecule has 6 nitrogen and oxygen atoms in total. The van der Waals surface area contributed by atoms with Crippen molar-refractivity contribution in [1.82, 2.24) is 9.97 Å². The number of nitrogens with zero attached hydrogens (tertiary/aromatic N) is 3. The van der Waals surface area contributed by atoms with Crippen LogP contribution in [0.25, 0.3) is 11.0 Å². The highest BCUT2D eigenvalue weighted by atomic mass is 16.6. The molecule has 2 rings (SSSR count). The van der Waals surface area contributed by atoms with Crippen LogP contribution >= 0.6 is 0 Å². The molecule has 0 fully saturated rings. The second kappa shape index (κ2) is 3.16. The number of aromatic nitrogens is 2. The Labute approximate surface area is 84.9 Å². The van der Waals surface area contributed by atoms with Crippen molar-refractivity contribution in [1.29, 1.82) is 0 Å². The number of nitrogen functional groups attached to an aromatic ring is 1. The van der Waals surface area contributed by atoms with Crippen molar-refractivity contribution in [3.05, 3.63) is 34.1 Å². The average Bonchev–Trinajstić information content (AvgIpc) is 2.19. The van der Waals surface area contributed by atoms with E-state index in [0.717, 1.165) is 0 Å². The summed E-state index contributed by atoms with van der Waals surface area (Å²) in [6.07, 6.45) is 1.59. The molecule has 15 heavy (non-hydrogen) atoms. The van der Waals surface area contributed by atoms with Crippen LogP contribution in [0.1, 0.15) is 5.69 Å². The van der Waals surface area contributed by atoms with Crippen LogP contribution in [0.5, 0.6) is 0 Å². The Morgan fingerprint density at radius 3 is 2.87 bits per heavy atom. The van der Waals surface area contributed by atoms with Crippen LogP contribution in [0, 0.1) is 17.0 Å². The zero-order chi connectivity index (χ0) is 11.0. The van der Waals surface area contributed by atoms with Crippen LogP contribution in [-0.4, -0.2) is 14.9 Å². The van der Waals surface area contributed by atoms with Gasteiger partial charge in [0, 0.05) is 12.3 Å². The smallest absolute Gasteiger partial charge is 0.294 e. The molecule has 0 saturated carbocycles. The minimum atomic E-state index is -0.529. The Morgan fingerprint density at radius 2 is 2.20 bits per heavy atom. The van der Waals surface area contributed by atoms with Gasteiger partial charge < -0.3 is 5.73 Å². The number of nitro groups is 1. The summed E-state index contributed by atoms with van der Waals surface area (Å²) in [6, 6.07) is 2.87. The standard InChI is InChI=1S/C9H8N4O2/c1-5-4-11-6-2-3-7(13(14)15)8(10)9(6)12-5/h2-4H,10H2,1H3. The highest BCUT2D eigenvalue weighted by molar-refractivity contribution is 5.91. The number of aryl methyl sites for hydroxylation is 1. The normalized spacial score (nSPS) is 10.5. The molecule has 0 spiro atoms. The summed E-state index contributed by atoms with van der Waals surface area (Å²) >= 11 is 0. The van der Waals surface area contributed by atoms with Crippen molar-refractivity contribution in [3.8, 4) is 0 Å². The number of anilines is 1. The molecule has 6 heteroatoms. The Morgan fingerprint density at radius 1 is 1.47 bits per heavy atom. The highest BCUT2D eigenvalue weighted by Crippen LogP contribution is 2.27. The van der Waals surface area contributed by atoms with Gasteiger partial charge in [0.2, 0.25) is 0 Å². The van der Waals surface area contributed by atoms with Gasteiger partial charge in [-0.2, -0.15) is 0 Å². The molecule has 2 aromatic rings. The molecule has 76 valence electrons. The van der Waals surface area contributed by atoms with Crippen molar-refractivity contribution >= 4 is 22.4 Å². The molecule has 1 aromatic heterocycles. The molecule has 0 aliphatic rings. The minimum absolute atomic E-state index is 0.0636. The fraction of sp³-hybridized carbons (Fsp3) is 0.111. The fourth-order valence-corrected chi connectivity index (χ4v) is 1.33. The molecule has 0 saturated heterocycles. The molecule has 0 aliphatic carbocycles. The van der Waals surface area contributed by atoms with Crippen molar-refractivity contribution in [2.45, 2.75) is 6.92 Å². The molecular weight excluding hydrogens is 196 g/mol. The van der Waals surface area contributed by atoms with E-state index in [1.165, 1.54) is 12.1 Å². The van der Waals surface area contributed by atoms with Gasteiger partial charge in [-0.25, -0.2) is 4.98 Å². The lowest BCUT2D eigenvalue weighted by atomic mass is 10.2. The first-order valence-corrected chi connectivity index (χ1v) is 4.26. The second-order valence-corrected chi connectivity index (χ2v) is 3.13. The lowest BCUT2D eigenvalue weighted by Gasteiger charge is -2.02. The summed E-state index contributed by atoms with van der Waals surface area (Å²) in [5.41, 5.74) is 7.19. The van der Waals surface area contributed by atoms with E-state index in [1.807, 2.05) is 0 Å². The summed E-state index contributed by atoms with van der Waals surface area (Å²) in [6.45, 7) is 1.75. The molecule has 1 heterocycles. The van der Waals surface area contributed by atoms with Gasteiger partial charge >= 0.3 is 0 Å². The van der Waals surface area contributed by atoms with Gasteiger partial charge in [0.05, 0.1) is 16.1 Å². The van der Waals surface area contributed by atoms with E-state index < -0.39 is 4.92 Å². The molecule has 0 radical (unpaired) electrons. The van der Waals surface area contributed by atoms with Gasteiger partial charge in [-0.05, 0) is 13.0 Å². The van der Waals surface area contributed by atoms with Gasteiger partial charge in [0.1, 0.15) is 11.2 Å². The summed E-state index contributed by atoms with van der Waals surface area (Å²) < 4.78 is 0. The van der Waals surface area contributed by atoms with Crippen molar-refractivity contribution in [3.63, 3.8) is 0 Å². The maximum Gasteiger partial charge on any atom is 0.294 e. The van der Waals surface area contributed by atoms with E-state index in [4.69, 9.17) is 5.73 Å². The van der Waals surface area contributed by atoms with E-state index in [1.54, 1.807) is 13.1 Å². The van der Waals surface area contributed by atoms with E-state index in [2.05, 4.69) is 9.97 Å². The van der Waals surface area contributed by atoms with Crippen molar-refractivity contribution in [2.75, 3.05) is 5.73 Å². The molecule has 0 bridgehead atoms. The number of rotatable bonds is 1. The molecule has 0 aliphatic heterocycles. The summed E-state index contributed by atoms with van der Waals surface area (Å²) in [4.78, 5) is 18.3. The molecule has 1 aromatic carbocycles. The Bertz CT molecular complexity index is 553. The minimum Gasteiger partial charge on any atom is -0.391 e. The maximum atomic E-state index is 10.6. The van der Waals surface area contributed by atoms with Gasteiger partial charge in [-0.1, -0.05) is 0 Å². The Kier molecular flexibility index (Phi) is 1.96. The zero-order valence-corrected chi connectivity index (χ0v) is 7.97. The van der Waals surface area contributed by atoms with Crippen LogP contribution in [-0.2, 0) is 0 Å². The van der Waals surface area contributed by atoms with Crippen LogP contribution < -0.4 is 5.73 Å². The number of hydrogen-bond acceptors (Lipinski definition) is 5. The molecule has 0 atom stereocenters. The van der Waals surface area contributed by atoms with Crippen LogP contribution in [0.15, 0.2) is 18.3 Å². The van der Waals surface area contributed by atoms with Crippen molar-refractivity contribution in [2.24, 2.45) is 0 Å². The third-order valence-electron chi connectivity index (χ3n) is 2.05. The topological polar surface area (TPSA) is 94.9 Å². The number of fused-ring (bicyclic) bond motifs is 1. The monoisotopic (exact) mass is 204 g/mol. The summed E-state index contributed by atoms with van der Waals surface area (Å²) in [7, 11) is 0. The third-order valence-corrected chi connectivity index (χ3v) is 2.05. The van der Waals surface area contributed by atoms with E-state index >= 15 is 0 Å². The Hall–Kier alpha value is -2.24. The fourth-order valence-electron chi connectivity index (χ4n) is 1.33. The first-order chi connectivity index (χ1) is 7.09. The third kappa shape index (κ3) is 1.45. The van der Waals surface area contributed by atoms with Crippen LogP contribution in [0.4, 0.5) is 11.4 Å². The van der Waals surface area contributed by atoms with E-state index in [0.29, 0.717) is 16.7 Å². The number of nitro benzene ring substituents is 1. The predicted octanol–water partition coefficient (Wildman–Crippen LogP) is 1.43. The van der Waals surface area contributed by atoms with Gasteiger partial charge in [0.25, 0.3) is 5.69 Å². The molecule has 0 unspecified atom stereocenters. The molecular formula is C9H8N4O2. The molecule has 2 N–H and O–H groups in total. The molecule has 0 amide bonds. The number of nitrogens with two attached hydrogens (primary N) is 1. The van der Waals surface area contributed by atoms with Gasteiger partial charge in [0.15, 0.2) is 0 Å². The predicted molar refractivity (Wildman–Crippen MR) is 55.3 cm³/mol. The maximum absolute atomic E-state index is 10.6. The quantitative estimate of drug-likeness (QED) is 0.430. The van der Waals surface area contributed by atoms with Gasteiger partial charge in [-0.15, -0.1) is 0 Å². The lowest BCUT2D eigenvalue weighted by molar-refractivity contribution is -0.383. The van der Waals surface area contributed by atoms with Crippen LogP contribution in [0.2, 0.25) is 0 Å².